The first-order valence-corrected chi connectivity index (χ1v) is 8.71. The number of hydrogen-bond donors (Lipinski definition) is 3. The van der Waals surface area contributed by atoms with E-state index in [1.165, 1.54) is 13.1 Å². The summed E-state index contributed by atoms with van der Waals surface area (Å²) in [4.78, 5) is 17.0. The summed E-state index contributed by atoms with van der Waals surface area (Å²) in [5, 5.41) is 15.2. The molecule has 1 unspecified atom stereocenters. The number of aliphatic hydroxyl groups excluding tert-OH is 1. The number of piperazine rings is 3. The van der Waals surface area contributed by atoms with Crippen molar-refractivity contribution in [2.24, 2.45) is 5.41 Å². The molecule has 3 fully saturated rings. The fraction of sp³-hybridized carbons (Fsp3) is 0.938. The summed E-state index contributed by atoms with van der Waals surface area (Å²) >= 11 is 0. The minimum Gasteiger partial charge on any atom is -0.396 e. The molecular weight excluding hydrogens is 280 g/mol. The zero-order valence-corrected chi connectivity index (χ0v) is 14.1. The van der Waals surface area contributed by atoms with E-state index >= 15 is 0 Å². The quantitative estimate of drug-likeness (QED) is 0.610. The number of nitrogens with one attached hydrogen (secondary N) is 2. The van der Waals surface area contributed by atoms with Crippen LogP contribution in [0.5, 0.6) is 0 Å². The average molecular weight is 312 g/mol. The van der Waals surface area contributed by atoms with Crippen LogP contribution in [0, 0.1) is 5.41 Å². The van der Waals surface area contributed by atoms with Crippen LogP contribution in [0.4, 0.5) is 4.79 Å². The van der Waals surface area contributed by atoms with Crippen LogP contribution in [-0.4, -0.2) is 79.4 Å². The van der Waals surface area contributed by atoms with Crippen molar-refractivity contribution in [2.75, 3.05) is 52.4 Å². The monoisotopic (exact) mass is 312 g/mol. The molecule has 3 N–H and O–H groups in total. The molecule has 1 atom stereocenters. The topological polar surface area (TPSA) is 67.8 Å². The molecule has 3 aliphatic heterocycles. The van der Waals surface area contributed by atoms with Crippen molar-refractivity contribution < 1.29 is 9.90 Å². The standard InChI is InChI=1S/C16H32N4O2/c1-3-16(4-2,5-10-21)13-18-15(22)17-11-14-12-19-6-8-20(14)9-7-19/h14,21H,3-13H2,1-2H3,(H2,17,18,22). The lowest BCUT2D eigenvalue weighted by Crippen LogP contribution is -2.63. The molecule has 0 aliphatic carbocycles. The van der Waals surface area contributed by atoms with Gasteiger partial charge in [0.05, 0.1) is 0 Å². The Hall–Kier alpha value is -0.850. The predicted octanol–water partition coefficient (Wildman–Crippen LogP) is 0.474. The van der Waals surface area contributed by atoms with E-state index < -0.39 is 0 Å². The van der Waals surface area contributed by atoms with Crippen LogP contribution < -0.4 is 10.6 Å². The van der Waals surface area contributed by atoms with Gasteiger partial charge in [0.2, 0.25) is 0 Å². The second-order valence-electron chi connectivity index (χ2n) is 6.73. The first-order chi connectivity index (χ1) is 10.6. The Balaban J connectivity index is 1.71. The van der Waals surface area contributed by atoms with Crippen LogP contribution in [-0.2, 0) is 0 Å². The minimum absolute atomic E-state index is 0.0190. The van der Waals surface area contributed by atoms with Gasteiger partial charge >= 0.3 is 6.03 Å². The number of urea groups is 1. The van der Waals surface area contributed by atoms with Gasteiger partial charge in [0.1, 0.15) is 0 Å². The molecule has 3 rings (SSSR count). The number of aliphatic hydroxyl groups is 1. The Morgan fingerprint density at radius 1 is 1.18 bits per heavy atom. The van der Waals surface area contributed by atoms with Gasteiger partial charge in [-0.25, -0.2) is 4.79 Å². The average Bonchev–Trinajstić information content (AvgIpc) is 2.58. The number of fused-ring (bicyclic) bond motifs is 3. The number of carbonyl (C=O) groups is 1. The van der Waals surface area contributed by atoms with Gasteiger partial charge in [0.25, 0.3) is 0 Å². The summed E-state index contributed by atoms with van der Waals surface area (Å²) in [6, 6.07) is 0.370. The van der Waals surface area contributed by atoms with Crippen molar-refractivity contribution >= 4 is 6.03 Å². The molecular formula is C16H32N4O2. The van der Waals surface area contributed by atoms with E-state index in [2.05, 4.69) is 34.3 Å². The predicted molar refractivity (Wildman–Crippen MR) is 87.9 cm³/mol. The normalized spacial score (nSPS) is 27.7. The second kappa shape index (κ2) is 8.13. The number of carbonyl (C=O) groups excluding carboxylic acids is 1. The second-order valence-corrected chi connectivity index (χ2v) is 6.73. The Morgan fingerprint density at radius 3 is 2.36 bits per heavy atom. The molecule has 0 aromatic rings. The lowest BCUT2D eigenvalue weighted by Gasteiger charge is -2.47. The molecule has 0 aromatic heterocycles. The zero-order valence-electron chi connectivity index (χ0n) is 14.1. The maximum Gasteiger partial charge on any atom is 0.314 e. The third-order valence-corrected chi connectivity index (χ3v) is 5.66. The summed E-state index contributed by atoms with van der Waals surface area (Å²) in [5.41, 5.74) is 0.0190. The third-order valence-electron chi connectivity index (χ3n) is 5.66. The SMILES string of the molecule is CCC(CC)(CCO)CNC(=O)NCC1CN2CCN1CC2. The molecule has 2 bridgehead atoms. The van der Waals surface area contributed by atoms with Gasteiger partial charge < -0.3 is 15.7 Å². The van der Waals surface area contributed by atoms with Crippen molar-refractivity contribution in [3.63, 3.8) is 0 Å². The van der Waals surface area contributed by atoms with Crippen LogP contribution in [0.1, 0.15) is 33.1 Å². The van der Waals surface area contributed by atoms with E-state index in [0.717, 1.165) is 38.9 Å². The van der Waals surface area contributed by atoms with E-state index in [1.54, 1.807) is 0 Å². The summed E-state index contributed by atoms with van der Waals surface area (Å²) in [5.74, 6) is 0. The molecule has 6 heteroatoms. The smallest absolute Gasteiger partial charge is 0.314 e. The molecule has 22 heavy (non-hydrogen) atoms. The molecule has 128 valence electrons. The third kappa shape index (κ3) is 4.33. The molecule has 6 nitrogen and oxygen atoms in total. The maximum atomic E-state index is 12.1. The highest BCUT2D eigenvalue weighted by molar-refractivity contribution is 5.73. The van der Waals surface area contributed by atoms with Crippen molar-refractivity contribution in [3.05, 3.63) is 0 Å². The molecule has 3 aliphatic rings. The molecule has 2 amide bonds. The van der Waals surface area contributed by atoms with E-state index in [-0.39, 0.29) is 18.1 Å². The number of nitrogens with zero attached hydrogens (tertiary/aromatic N) is 2. The van der Waals surface area contributed by atoms with E-state index in [9.17, 15) is 9.90 Å². The lowest BCUT2D eigenvalue weighted by molar-refractivity contribution is 0.0147. The van der Waals surface area contributed by atoms with Crippen molar-refractivity contribution in [3.8, 4) is 0 Å². The van der Waals surface area contributed by atoms with Crippen LogP contribution in [0.25, 0.3) is 0 Å². The van der Waals surface area contributed by atoms with E-state index in [1.807, 2.05) is 0 Å². The Labute approximate surface area is 134 Å². The lowest BCUT2D eigenvalue weighted by atomic mass is 9.79. The summed E-state index contributed by atoms with van der Waals surface area (Å²) in [6.45, 7) is 11.4. The van der Waals surface area contributed by atoms with Gasteiger partial charge in [0.15, 0.2) is 0 Å². The van der Waals surface area contributed by atoms with Crippen molar-refractivity contribution in [1.29, 1.82) is 0 Å². The Bertz CT molecular complexity index is 352. The molecule has 0 saturated carbocycles. The number of rotatable bonds is 8. The van der Waals surface area contributed by atoms with Crippen LogP contribution in [0.2, 0.25) is 0 Å². The number of amides is 2. The van der Waals surface area contributed by atoms with E-state index in [4.69, 9.17) is 0 Å². The summed E-state index contributed by atoms with van der Waals surface area (Å²) in [6.07, 6.45) is 2.68. The fourth-order valence-electron chi connectivity index (χ4n) is 3.64. The Morgan fingerprint density at radius 2 is 1.86 bits per heavy atom. The summed E-state index contributed by atoms with van der Waals surface area (Å²) < 4.78 is 0. The highest BCUT2D eigenvalue weighted by Crippen LogP contribution is 2.29. The highest BCUT2D eigenvalue weighted by atomic mass is 16.3. The zero-order chi connectivity index (χ0) is 16.0. The van der Waals surface area contributed by atoms with Gasteiger partial charge in [-0.3, -0.25) is 9.80 Å². The highest BCUT2D eigenvalue weighted by Gasteiger charge is 2.32. The van der Waals surface area contributed by atoms with Crippen LogP contribution in [0.3, 0.4) is 0 Å². The first kappa shape index (κ1) is 17.5. The molecule has 0 aromatic carbocycles. The molecule has 3 saturated heterocycles. The molecule has 0 radical (unpaired) electrons. The van der Waals surface area contributed by atoms with Crippen LogP contribution in [0.15, 0.2) is 0 Å². The van der Waals surface area contributed by atoms with Gasteiger partial charge in [-0.2, -0.15) is 0 Å². The largest absolute Gasteiger partial charge is 0.396 e. The van der Waals surface area contributed by atoms with Crippen molar-refractivity contribution in [1.82, 2.24) is 20.4 Å². The first-order valence-electron chi connectivity index (χ1n) is 8.71. The minimum atomic E-state index is -0.0816. The van der Waals surface area contributed by atoms with Gasteiger partial charge in [-0.05, 0) is 24.7 Å². The van der Waals surface area contributed by atoms with Gasteiger partial charge in [0, 0.05) is 58.5 Å². The maximum absolute atomic E-state index is 12.1. The van der Waals surface area contributed by atoms with Gasteiger partial charge in [-0.1, -0.05) is 13.8 Å². The van der Waals surface area contributed by atoms with Crippen molar-refractivity contribution in [2.45, 2.75) is 39.2 Å². The van der Waals surface area contributed by atoms with Crippen LogP contribution >= 0.6 is 0 Å². The van der Waals surface area contributed by atoms with Gasteiger partial charge in [-0.15, -0.1) is 0 Å². The molecule has 3 heterocycles. The summed E-state index contributed by atoms with van der Waals surface area (Å²) in [7, 11) is 0. The number of hydrogen-bond acceptors (Lipinski definition) is 4. The van der Waals surface area contributed by atoms with E-state index in [0.29, 0.717) is 19.1 Å². The molecule has 0 spiro atoms. The Kier molecular flexibility index (Phi) is 6.47. The fourth-order valence-corrected chi connectivity index (χ4v) is 3.64.